The Balaban J connectivity index is 2.76. The molecule has 0 fully saturated rings. The highest BCUT2D eigenvalue weighted by Gasteiger charge is 2.07. The summed E-state index contributed by atoms with van der Waals surface area (Å²) in [7, 11) is 3.50. The maximum Gasteiger partial charge on any atom is 0.213 e. The van der Waals surface area contributed by atoms with E-state index in [-0.39, 0.29) is 5.78 Å². The van der Waals surface area contributed by atoms with Gasteiger partial charge in [0.2, 0.25) is 5.88 Å². The summed E-state index contributed by atoms with van der Waals surface area (Å²) >= 11 is 1.54. The van der Waals surface area contributed by atoms with Crippen molar-refractivity contribution in [2.24, 2.45) is 4.99 Å². The van der Waals surface area contributed by atoms with Gasteiger partial charge in [-0.15, -0.1) is 0 Å². The Bertz CT molecular complexity index is 446. The number of carbonyl (C=O) groups is 1. The van der Waals surface area contributed by atoms with Crippen LogP contribution in [0.15, 0.2) is 23.3 Å². The zero-order valence-electron chi connectivity index (χ0n) is 11.7. The first-order valence-corrected chi connectivity index (χ1v) is 7.12. The summed E-state index contributed by atoms with van der Waals surface area (Å²) in [6.07, 6.45) is 4.14. The highest BCUT2D eigenvalue weighted by atomic mass is 32.2. The smallest absolute Gasteiger partial charge is 0.213 e. The van der Waals surface area contributed by atoms with Gasteiger partial charge in [-0.2, -0.15) is 0 Å². The Morgan fingerprint density at radius 1 is 1.53 bits per heavy atom. The number of ether oxygens (including phenoxy) is 1. The number of carbonyl (C=O) groups excluding carboxylic acids is 1. The molecule has 6 heteroatoms. The number of nitrogens with zero attached hydrogens (tertiary/aromatic N) is 3. The van der Waals surface area contributed by atoms with E-state index in [0.717, 1.165) is 10.9 Å². The molecule has 0 saturated heterocycles. The Hall–Kier alpha value is -1.56. The zero-order valence-corrected chi connectivity index (χ0v) is 12.5. The summed E-state index contributed by atoms with van der Waals surface area (Å²) in [5, 5.41) is 0.855. The molecular formula is C13H19N3O2S. The first-order valence-electron chi connectivity index (χ1n) is 5.90. The number of rotatable bonds is 5. The van der Waals surface area contributed by atoms with Gasteiger partial charge in [-0.25, -0.2) is 9.98 Å². The standard InChI is InChI=1S/C13H19N3O2S/c1-10(17)7-8-16(2)13(19-4)15-11-5-6-12(18-3)14-9-11/h5-6,9H,7-8H2,1-4H3. The van der Waals surface area contributed by atoms with Gasteiger partial charge in [-0.05, 0) is 19.2 Å². The molecular weight excluding hydrogens is 262 g/mol. The molecule has 1 rings (SSSR count). The number of amidine groups is 1. The third-order valence-corrected chi connectivity index (χ3v) is 3.23. The van der Waals surface area contributed by atoms with Crippen LogP contribution in [0.5, 0.6) is 5.88 Å². The predicted octanol–water partition coefficient (Wildman–Crippen LogP) is 2.35. The summed E-state index contributed by atoms with van der Waals surface area (Å²) in [5.41, 5.74) is 0.764. The second-order valence-corrected chi connectivity index (χ2v) is 4.80. The lowest BCUT2D eigenvalue weighted by Gasteiger charge is -2.18. The second kappa shape index (κ2) is 7.78. The molecule has 0 N–H and O–H groups in total. The van der Waals surface area contributed by atoms with Gasteiger partial charge in [-0.1, -0.05) is 11.8 Å². The number of pyridine rings is 1. The van der Waals surface area contributed by atoms with E-state index in [4.69, 9.17) is 4.74 Å². The van der Waals surface area contributed by atoms with E-state index in [0.29, 0.717) is 18.8 Å². The van der Waals surface area contributed by atoms with Crippen molar-refractivity contribution in [1.82, 2.24) is 9.88 Å². The molecule has 0 radical (unpaired) electrons. The summed E-state index contributed by atoms with van der Waals surface area (Å²) in [5.74, 6) is 0.744. The molecule has 0 bridgehead atoms. The van der Waals surface area contributed by atoms with Crippen LogP contribution in [-0.4, -0.2) is 47.8 Å². The number of hydrogen-bond donors (Lipinski definition) is 0. The minimum absolute atomic E-state index is 0.179. The molecule has 0 spiro atoms. The number of methoxy groups -OCH3 is 1. The summed E-state index contributed by atoms with van der Waals surface area (Å²) in [6.45, 7) is 2.26. The molecule has 0 aliphatic carbocycles. The molecule has 1 heterocycles. The van der Waals surface area contributed by atoms with E-state index in [2.05, 4.69) is 9.98 Å². The summed E-state index contributed by atoms with van der Waals surface area (Å²) in [6, 6.07) is 3.62. The molecule has 0 aromatic carbocycles. The quantitative estimate of drug-likeness (QED) is 0.612. The molecule has 1 aromatic heterocycles. The molecule has 0 aliphatic heterocycles. The van der Waals surface area contributed by atoms with Crippen molar-refractivity contribution >= 4 is 28.4 Å². The zero-order chi connectivity index (χ0) is 14.3. The van der Waals surface area contributed by atoms with Gasteiger partial charge in [0.25, 0.3) is 0 Å². The van der Waals surface area contributed by atoms with Gasteiger partial charge in [0.15, 0.2) is 5.17 Å². The van der Waals surface area contributed by atoms with E-state index >= 15 is 0 Å². The molecule has 0 atom stereocenters. The number of thioether (sulfide) groups is 1. The van der Waals surface area contributed by atoms with Crippen LogP contribution in [0.2, 0.25) is 0 Å². The van der Waals surface area contributed by atoms with Gasteiger partial charge in [0.05, 0.1) is 19.0 Å². The van der Waals surface area contributed by atoms with Crippen molar-refractivity contribution in [3.05, 3.63) is 18.3 Å². The maximum atomic E-state index is 11.0. The van der Waals surface area contributed by atoms with Gasteiger partial charge >= 0.3 is 0 Å². The minimum Gasteiger partial charge on any atom is -0.481 e. The first-order chi connectivity index (χ1) is 9.06. The lowest BCUT2D eigenvalue weighted by atomic mass is 10.3. The highest BCUT2D eigenvalue weighted by Crippen LogP contribution is 2.17. The van der Waals surface area contributed by atoms with Gasteiger partial charge in [0.1, 0.15) is 5.78 Å². The first kappa shape index (κ1) is 15.5. The van der Waals surface area contributed by atoms with E-state index in [1.807, 2.05) is 24.3 Å². The minimum atomic E-state index is 0.179. The Kier molecular flexibility index (Phi) is 6.35. The summed E-state index contributed by atoms with van der Waals surface area (Å²) < 4.78 is 5.00. The van der Waals surface area contributed by atoms with Crippen molar-refractivity contribution in [2.75, 3.05) is 27.0 Å². The van der Waals surface area contributed by atoms with Crippen molar-refractivity contribution < 1.29 is 9.53 Å². The third-order valence-electron chi connectivity index (χ3n) is 2.46. The topological polar surface area (TPSA) is 54.8 Å². The molecule has 0 aliphatic rings. The fraction of sp³-hybridized carbons (Fsp3) is 0.462. The van der Waals surface area contributed by atoms with Crippen LogP contribution in [0.25, 0.3) is 0 Å². The molecule has 19 heavy (non-hydrogen) atoms. The molecule has 0 saturated carbocycles. The fourth-order valence-corrected chi connectivity index (χ4v) is 1.98. The average molecular weight is 281 g/mol. The molecule has 5 nitrogen and oxygen atoms in total. The van der Waals surface area contributed by atoms with Crippen molar-refractivity contribution in [2.45, 2.75) is 13.3 Å². The normalized spacial score (nSPS) is 11.3. The molecule has 0 unspecified atom stereocenters. The van der Waals surface area contributed by atoms with Crippen LogP contribution >= 0.6 is 11.8 Å². The maximum absolute atomic E-state index is 11.0. The van der Waals surface area contributed by atoms with Crippen LogP contribution in [0.1, 0.15) is 13.3 Å². The van der Waals surface area contributed by atoms with Gasteiger partial charge < -0.3 is 9.64 Å². The summed E-state index contributed by atoms with van der Waals surface area (Å²) in [4.78, 5) is 21.6. The highest BCUT2D eigenvalue weighted by molar-refractivity contribution is 8.13. The third kappa shape index (κ3) is 5.30. The average Bonchev–Trinajstić information content (AvgIpc) is 2.42. The van der Waals surface area contributed by atoms with Crippen LogP contribution in [0, 0.1) is 0 Å². The Labute approximate surface area is 118 Å². The lowest BCUT2D eigenvalue weighted by Crippen LogP contribution is -2.26. The molecule has 104 valence electrons. The number of Topliss-reactive ketones (excluding diaryl/α,β-unsaturated/α-hetero) is 1. The van der Waals surface area contributed by atoms with Crippen LogP contribution in [-0.2, 0) is 4.79 Å². The van der Waals surface area contributed by atoms with E-state index in [1.54, 1.807) is 38.1 Å². The van der Waals surface area contributed by atoms with Crippen molar-refractivity contribution in [3.63, 3.8) is 0 Å². The molecule has 0 amide bonds. The molecule has 1 aromatic rings. The Morgan fingerprint density at radius 2 is 2.26 bits per heavy atom. The fourth-order valence-electron chi connectivity index (χ4n) is 1.38. The van der Waals surface area contributed by atoms with Crippen molar-refractivity contribution in [3.8, 4) is 5.88 Å². The number of aliphatic imine (C=N–C) groups is 1. The lowest BCUT2D eigenvalue weighted by molar-refractivity contribution is -0.117. The monoisotopic (exact) mass is 281 g/mol. The van der Waals surface area contributed by atoms with E-state index in [1.165, 1.54) is 0 Å². The Morgan fingerprint density at radius 3 is 2.74 bits per heavy atom. The predicted molar refractivity (Wildman–Crippen MR) is 79.3 cm³/mol. The van der Waals surface area contributed by atoms with Crippen LogP contribution in [0.3, 0.4) is 0 Å². The second-order valence-electron chi connectivity index (χ2n) is 4.03. The number of ketones is 1. The SMILES string of the molecule is COc1ccc(N=C(SC)N(C)CCC(C)=O)cn1. The van der Waals surface area contributed by atoms with Crippen molar-refractivity contribution in [1.29, 1.82) is 0 Å². The van der Waals surface area contributed by atoms with E-state index in [9.17, 15) is 4.79 Å². The van der Waals surface area contributed by atoms with Gasteiger partial charge in [0, 0.05) is 26.1 Å². The van der Waals surface area contributed by atoms with Crippen LogP contribution in [0.4, 0.5) is 5.69 Å². The van der Waals surface area contributed by atoms with Crippen LogP contribution < -0.4 is 4.74 Å². The van der Waals surface area contributed by atoms with E-state index < -0.39 is 0 Å². The van der Waals surface area contributed by atoms with Gasteiger partial charge in [-0.3, -0.25) is 4.79 Å². The number of hydrogen-bond acceptors (Lipinski definition) is 5. The number of aromatic nitrogens is 1. The largest absolute Gasteiger partial charge is 0.481 e.